The second-order valence-electron chi connectivity index (χ2n) is 7.72. The highest BCUT2D eigenvalue weighted by atomic mass is 32.2. The normalized spacial score (nSPS) is 14.1. The van der Waals surface area contributed by atoms with Crippen LogP contribution < -0.4 is 9.62 Å². The van der Waals surface area contributed by atoms with E-state index in [2.05, 4.69) is 10.5 Å². The molecule has 1 fully saturated rings. The fraction of sp³-hybridized carbons (Fsp3) is 0.304. The van der Waals surface area contributed by atoms with E-state index in [0.29, 0.717) is 22.8 Å². The summed E-state index contributed by atoms with van der Waals surface area (Å²) in [5.41, 5.74) is 2.80. The SMILES string of the molecule is CCc1ccccc1N(C)S(=O)(=O)c1ccc(C=Cc2onc(C)c2NC(=O)C2CC2)s1. The summed E-state index contributed by atoms with van der Waals surface area (Å²) in [7, 11) is -2.11. The Hall–Kier alpha value is -2.91. The summed E-state index contributed by atoms with van der Waals surface area (Å²) in [4.78, 5) is 12.9. The predicted octanol–water partition coefficient (Wildman–Crippen LogP) is 4.95. The lowest BCUT2D eigenvalue weighted by atomic mass is 10.1. The van der Waals surface area contributed by atoms with Gasteiger partial charge >= 0.3 is 0 Å². The molecule has 32 heavy (non-hydrogen) atoms. The fourth-order valence-corrected chi connectivity index (χ4v) is 5.96. The number of carbonyl (C=O) groups is 1. The summed E-state index contributed by atoms with van der Waals surface area (Å²) in [5.74, 6) is 0.482. The van der Waals surface area contributed by atoms with Crippen LogP contribution in [0, 0.1) is 12.8 Å². The van der Waals surface area contributed by atoms with Crippen molar-refractivity contribution in [3.63, 3.8) is 0 Å². The summed E-state index contributed by atoms with van der Waals surface area (Å²) < 4.78 is 33.3. The van der Waals surface area contributed by atoms with Gasteiger partial charge in [0.25, 0.3) is 10.0 Å². The number of para-hydroxylation sites is 1. The highest BCUT2D eigenvalue weighted by Gasteiger charge is 2.31. The lowest BCUT2D eigenvalue weighted by Crippen LogP contribution is -2.26. The quantitative estimate of drug-likeness (QED) is 0.502. The molecule has 4 rings (SSSR count). The van der Waals surface area contributed by atoms with E-state index in [0.717, 1.165) is 29.7 Å². The Labute approximate surface area is 191 Å². The van der Waals surface area contributed by atoms with Crippen LogP contribution in [0.5, 0.6) is 0 Å². The first-order valence-electron chi connectivity index (χ1n) is 10.4. The van der Waals surface area contributed by atoms with Gasteiger partial charge in [-0.3, -0.25) is 9.10 Å². The van der Waals surface area contributed by atoms with Gasteiger partial charge in [-0.25, -0.2) is 8.42 Å². The van der Waals surface area contributed by atoms with Crippen molar-refractivity contribution >= 4 is 50.8 Å². The van der Waals surface area contributed by atoms with Crippen LogP contribution in [-0.4, -0.2) is 26.5 Å². The lowest BCUT2D eigenvalue weighted by Gasteiger charge is -2.21. The Morgan fingerprint density at radius 2 is 2.00 bits per heavy atom. The Bertz CT molecular complexity index is 1270. The third kappa shape index (κ3) is 4.49. The van der Waals surface area contributed by atoms with Crippen molar-refractivity contribution in [3.05, 3.63) is 58.3 Å². The maximum absolute atomic E-state index is 13.2. The van der Waals surface area contributed by atoms with E-state index in [-0.39, 0.29) is 16.0 Å². The molecule has 0 spiro atoms. The van der Waals surface area contributed by atoms with Crippen molar-refractivity contribution in [3.8, 4) is 0 Å². The van der Waals surface area contributed by atoms with Gasteiger partial charge in [-0.2, -0.15) is 0 Å². The minimum atomic E-state index is -3.68. The lowest BCUT2D eigenvalue weighted by molar-refractivity contribution is -0.117. The zero-order valence-electron chi connectivity index (χ0n) is 18.2. The number of thiophene rings is 1. The molecular weight excluding hydrogens is 446 g/mol. The standard InChI is InChI=1S/C23H25N3O4S2/c1-4-16-7-5-6-8-19(16)26(3)32(28,29)21-14-12-18(31-21)11-13-20-22(15(2)25-30-20)24-23(27)17-9-10-17/h5-8,11-14,17H,4,9-10H2,1-3H3,(H,24,27). The van der Waals surface area contributed by atoms with Gasteiger partial charge in [0.2, 0.25) is 5.91 Å². The van der Waals surface area contributed by atoms with Gasteiger partial charge in [0.15, 0.2) is 5.76 Å². The number of hydrogen-bond acceptors (Lipinski definition) is 6. The molecule has 2 heterocycles. The molecule has 7 nitrogen and oxygen atoms in total. The average Bonchev–Trinajstić information content (AvgIpc) is 3.44. The number of anilines is 2. The van der Waals surface area contributed by atoms with E-state index in [1.807, 2.05) is 31.2 Å². The third-order valence-corrected chi connectivity index (χ3v) is 8.70. The van der Waals surface area contributed by atoms with Crippen LogP contribution in [-0.2, 0) is 21.2 Å². The van der Waals surface area contributed by atoms with E-state index >= 15 is 0 Å². The van der Waals surface area contributed by atoms with Gasteiger partial charge in [-0.1, -0.05) is 30.3 Å². The molecule has 0 radical (unpaired) electrons. The molecule has 1 aromatic carbocycles. The number of rotatable bonds is 8. The first kappa shape index (κ1) is 22.3. The molecule has 1 aliphatic carbocycles. The third-order valence-electron chi connectivity index (χ3n) is 5.41. The topological polar surface area (TPSA) is 92.5 Å². The maximum Gasteiger partial charge on any atom is 0.273 e. The molecule has 168 valence electrons. The monoisotopic (exact) mass is 471 g/mol. The zero-order chi connectivity index (χ0) is 22.9. The average molecular weight is 472 g/mol. The van der Waals surface area contributed by atoms with Crippen molar-refractivity contribution in [2.75, 3.05) is 16.7 Å². The van der Waals surface area contributed by atoms with E-state index < -0.39 is 10.0 Å². The van der Waals surface area contributed by atoms with Crippen LogP contribution >= 0.6 is 11.3 Å². The Morgan fingerprint density at radius 1 is 1.25 bits per heavy atom. The number of nitrogens with one attached hydrogen (secondary N) is 1. The molecule has 1 N–H and O–H groups in total. The summed E-state index contributed by atoms with van der Waals surface area (Å²) in [6.45, 7) is 3.77. The molecule has 0 saturated heterocycles. The number of nitrogens with zero attached hydrogens (tertiary/aromatic N) is 2. The van der Waals surface area contributed by atoms with E-state index in [1.165, 1.54) is 15.6 Å². The number of sulfonamides is 1. The molecule has 2 aromatic heterocycles. The molecule has 1 saturated carbocycles. The van der Waals surface area contributed by atoms with Gasteiger partial charge < -0.3 is 9.84 Å². The van der Waals surface area contributed by atoms with Crippen molar-refractivity contribution < 1.29 is 17.7 Å². The highest BCUT2D eigenvalue weighted by molar-refractivity contribution is 7.94. The van der Waals surface area contributed by atoms with Crippen LogP contribution in [0.3, 0.4) is 0 Å². The second-order valence-corrected chi connectivity index (χ2v) is 11.0. The summed E-state index contributed by atoms with van der Waals surface area (Å²) in [6.07, 6.45) is 6.01. The van der Waals surface area contributed by atoms with Gasteiger partial charge in [0.1, 0.15) is 15.6 Å². The number of amides is 1. The smallest absolute Gasteiger partial charge is 0.273 e. The summed E-state index contributed by atoms with van der Waals surface area (Å²) >= 11 is 1.17. The Kier molecular flexibility index (Phi) is 6.21. The van der Waals surface area contributed by atoms with Crippen LogP contribution in [0.25, 0.3) is 12.2 Å². The Morgan fingerprint density at radius 3 is 2.72 bits per heavy atom. The van der Waals surface area contributed by atoms with E-state index in [9.17, 15) is 13.2 Å². The molecule has 0 unspecified atom stereocenters. The largest absolute Gasteiger partial charge is 0.354 e. The molecule has 0 atom stereocenters. The molecule has 1 aliphatic rings. The Balaban J connectivity index is 1.54. The van der Waals surface area contributed by atoms with Crippen molar-refractivity contribution in [2.45, 2.75) is 37.3 Å². The maximum atomic E-state index is 13.2. The van der Waals surface area contributed by atoms with E-state index in [4.69, 9.17) is 4.52 Å². The molecule has 0 aliphatic heterocycles. The van der Waals surface area contributed by atoms with E-state index in [1.54, 1.807) is 38.3 Å². The number of carbonyl (C=O) groups excluding carboxylic acids is 1. The molecule has 9 heteroatoms. The highest BCUT2D eigenvalue weighted by Crippen LogP contribution is 2.33. The zero-order valence-corrected chi connectivity index (χ0v) is 19.8. The molecule has 0 bridgehead atoms. The summed E-state index contributed by atoms with van der Waals surface area (Å²) in [6, 6.07) is 10.8. The number of hydrogen-bond donors (Lipinski definition) is 1. The number of aryl methyl sites for hydroxylation is 2. The van der Waals surface area contributed by atoms with Crippen molar-refractivity contribution in [2.24, 2.45) is 5.92 Å². The fourth-order valence-electron chi connectivity index (χ4n) is 3.33. The minimum absolute atomic E-state index is 0.0224. The van der Waals surface area contributed by atoms with Crippen LogP contribution in [0.1, 0.15) is 41.7 Å². The van der Waals surface area contributed by atoms with Crippen molar-refractivity contribution in [1.82, 2.24) is 5.16 Å². The molecule has 1 amide bonds. The predicted molar refractivity (Wildman–Crippen MR) is 127 cm³/mol. The van der Waals surface area contributed by atoms with Gasteiger partial charge in [0.05, 0.1) is 5.69 Å². The minimum Gasteiger partial charge on any atom is -0.354 e. The van der Waals surface area contributed by atoms with Crippen LogP contribution in [0.2, 0.25) is 0 Å². The summed E-state index contributed by atoms with van der Waals surface area (Å²) in [5, 5.41) is 6.82. The van der Waals surface area contributed by atoms with Gasteiger partial charge in [-0.05, 0) is 62.1 Å². The molecule has 3 aromatic rings. The number of benzene rings is 1. The molecular formula is C23H25N3O4S2. The first-order valence-corrected chi connectivity index (χ1v) is 12.7. The van der Waals surface area contributed by atoms with Gasteiger partial charge in [0, 0.05) is 17.8 Å². The van der Waals surface area contributed by atoms with Gasteiger partial charge in [-0.15, -0.1) is 11.3 Å². The second kappa shape index (κ2) is 8.91. The van der Waals surface area contributed by atoms with Crippen LogP contribution in [0.15, 0.2) is 45.1 Å². The first-order chi connectivity index (χ1) is 15.3. The van der Waals surface area contributed by atoms with Crippen molar-refractivity contribution in [1.29, 1.82) is 0 Å². The van der Waals surface area contributed by atoms with Crippen LogP contribution in [0.4, 0.5) is 11.4 Å². The number of aromatic nitrogens is 1.